The van der Waals surface area contributed by atoms with Gasteiger partial charge in [-0.3, -0.25) is 9.59 Å². The molecule has 1 atom stereocenters. The van der Waals surface area contributed by atoms with Crippen molar-refractivity contribution in [3.8, 4) is 0 Å². The summed E-state index contributed by atoms with van der Waals surface area (Å²) in [6.07, 6.45) is 0.767. The van der Waals surface area contributed by atoms with Crippen LogP contribution >= 0.6 is 0 Å². The molecule has 29 heavy (non-hydrogen) atoms. The van der Waals surface area contributed by atoms with Crippen LogP contribution in [-0.4, -0.2) is 18.4 Å². The van der Waals surface area contributed by atoms with E-state index in [1.165, 1.54) is 11.0 Å². The molecule has 4 rings (SSSR count). The van der Waals surface area contributed by atoms with Crippen LogP contribution in [0.15, 0.2) is 78.9 Å². The van der Waals surface area contributed by atoms with Crippen molar-refractivity contribution in [3.05, 3.63) is 95.8 Å². The Morgan fingerprint density at radius 3 is 2.45 bits per heavy atom. The lowest BCUT2D eigenvalue weighted by Gasteiger charge is -2.18. The number of carbonyl (C=O) groups is 2. The second-order valence-electron chi connectivity index (χ2n) is 7.17. The molecule has 0 aliphatic carbocycles. The highest BCUT2D eigenvalue weighted by Gasteiger charge is 2.36. The van der Waals surface area contributed by atoms with Gasteiger partial charge in [0.15, 0.2) is 0 Å². The number of anilines is 2. The van der Waals surface area contributed by atoms with Gasteiger partial charge in [-0.1, -0.05) is 60.7 Å². The average molecular weight is 388 g/mol. The molecule has 1 saturated heterocycles. The van der Waals surface area contributed by atoms with Gasteiger partial charge in [0, 0.05) is 18.7 Å². The molecule has 1 aliphatic rings. The summed E-state index contributed by atoms with van der Waals surface area (Å²) in [5, 5.41) is 2.97. The lowest BCUT2D eigenvalue weighted by atomic mass is 10.0. The summed E-state index contributed by atoms with van der Waals surface area (Å²) in [6, 6.07) is 23.8. The molecule has 2 amide bonds. The van der Waals surface area contributed by atoms with E-state index in [9.17, 15) is 14.0 Å². The van der Waals surface area contributed by atoms with Gasteiger partial charge in [-0.05, 0) is 35.7 Å². The summed E-state index contributed by atoms with van der Waals surface area (Å²) >= 11 is 0. The van der Waals surface area contributed by atoms with Crippen LogP contribution in [0, 0.1) is 11.7 Å². The molecule has 1 heterocycles. The van der Waals surface area contributed by atoms with Crippen molar-refractivity contribution in [2.24, 2.45) is 5.92 Å². The Morgan fingerprint density at radius 2 is 1.66 bits per heavy atom. The Kier molecular flexibility index (Phi) is 5.38. The predicted octanol–water partition coefficient (Wildman–Crippen LogP) is 4.41. The summed E-state index contributed by atoms with van der Waals surface area (Å²) in [5.41, 5.74) is 3.11. The highest BCUT2D eigenvalue weighted by atomic mass is 19.1. The first-order chi connectivity index (χ1) is 14.1. The Bertz CT molecular complexity index is 1040. The molecule has 1 fully saturated rings. The number of rotatable bonds is 5. The molecule has 0 saturated carbocycles. The molecule has 1 aliphatic heterocycles. The zero-order valence-corrected chi connectivity index (χ0v) is 15.8. The van der Waals surface area contributed by atoms with E-state index in [0.29, 0.717) is 6.42 Å². The monoisotopic (exact) mass is 388 g/mol. The number of nitrogens with zero attached hydrogens (tertiary/aromatic N) is 1. The van der Waals surface area contributed by atoms with Crippen molar-refractivity contribution >= 4 is 23.2 Å². The minimum absolute atomic E-state index is 0.0705. The average Bonchev–Trinajstić information content (AvgIpc) is 3.12. The maximum absolute atomic E-state index is 14.1. The fraction of sp³-hybridized carbons (Fsp3) is 0.167. The number of carbonyl (C=O) groups excluding carboxylic acids is 2. The van der Waals surface area contributed by atoms with Crippen molar-refractivity contribution in [1.29, 1.82) is 0 Å². The summed E-state index contributed by atoms with van der Waals surface area (Å²) in [6.45, 7) is 0.173. The topological polar surface area (TPSA) is 49.4 Å². The summed E-state index contributed by atoms with van der Waals surface area (Å²) in [5.74, 6) is -1.45. The normalized spacial score (nSPS) is 16.1. The van der Waals surface area contributed by atoms with Gasteiger partial charge in [-0.15, -0.1) is 0 Å². The first-order valence-electron chi connectivity index (χ1n) is 9.59. The van der Waals surface area contributed by atoms with Gasteiger partial charge >= 0.3 is 0 Å². The third-order valence-corrected chi connectivity index (χ3v) is 5.15. The zero-order valence-electron chi connectivity index (χ0n) is 15.8. The van der Waals surface area contributed by atoms with Crippen molar-refractivity contribution in [1.82, 2.24) is 0 Å². The summed E-state index contributed by atoms with van der Waals surface area (Å²) < 4.78 is 14.1. The molecule has 0 bridgehead atoms. The van der Waals surface area contributed by atoms with Gasteiger partial charge in [-0.25, -0.2) is 4.39 Å². The number of hydrogen-bond acceptors (Lipinski definition) is 2. The quantitative estimate of drug-likeness (QED) is 0.704. The molecule has 1 N–H and O–H groups in total. The summed E-state index contributed by atoms with van der Waals surface area (Å²) in [4.78, 5) is 26.6. The molecule has 0 unspecified atom stereocenters. The highest BCUT2D eigenvalue weighted by Crippen LogP contribution is 2.28. The van der Waals surface area contributed by atoms with Crippen molar-refractivity contribution in [2.75, 3.05) is 16.8 Å². The minimum atomic E-state index is -0.521. The Hall–Kier alpha value is -3.47. The van der Waals surface area contributed by atoms with Gasteiger partial charge in [0.2, 0.25) is 11.8 Å². The van der Waals surface area contributed by atoms with Crippen molar-refractivity contribution < 1.29 is 14.0 Å². The van der Waals surface area contributed by atoms with Gasteiger partial charge in [0.05, 0.1) is 11.6 Å². The summed E-state index contributed by atoms with van der Waals surface area (Å²) in [7, 11) is 0. The van der Waals surface area contributed by atoms with E-state index < -0.39 is 11.7 Å². The van der Waals surface area contributed by atoms with Crippen LogP contribution < -0.4 is 10.2 Å². The Labute approximate surface area is 169 Å². The van der Waals surface area contributed by atoms with Gasteiger partial charge in [-0.2, -0.15) is 0 Å². The first-order valence-corrected chi connectivity index (χ1v) is 9.59. The van der Waals surface area contributed by atoms with Crippen LogP contribution in [0.25, 0.3) is 0 Å². The first kappa shape index (κ1) is 18.9. The van der Waals surface area contributed by atoms with Crippen molar-refractivity contribution in [2.45, 2.75) is 12.8 Å². The van der Waals surface area contributed by atoms with Crippen LogP contribution in [0.5, 0.6) is 0 Å². The molecule has 5 heteroatoms. The maximum atomic E-state index is 14.1. The van der Waals surface area contributed by atoms with Gasteiger partial charge in [0.25, 0.3) is 0 Å². The molecule has 0 radical (unpaired) electrons. The third-order valence-electron chi connectivity index (χ3n) is 5.15. The molecular formula is C24H21FN2O2. The standard InChI is InChI=1S/C24H21FN2O2/c25-20-11-5-7-13-22(20)27-16-19(15-23(27)28)24(29)26-21-12-6-4-10-18(21)14-17-8-2-1-3-9-17/h1-13,19H,14-16H2,(H,26,29)/t19-/m0/s1. The molecule has 0 spiro atoms. The van der Waals surface area contributed by atoms with E-state index in [4.69, 9.17) is 0 Å². The lowest BCUT2D eigenvalue weighted by Crippen LogP contribution is -2.28. The zero-order chi connectivity index (χ0) is 20.2. The van der Waals surface area contributed by atoms with Crippen molar-refractivity contribution in [3.63, 3.8) is 0 Å². The number of halogens is 1. The van der Waals surface area contributed by atoms with Crippen LogP contribution in [0.3, 0.4) is 0 Å². The van der Waals surface area contributed by atoms with E-state index in [-0.39, 0.29) is 30.5 Å². The van der Waals surface area contributed by atoms with Crippen LogP contribution in [-0.2, 0) is 16.0 Å². The van der Waals surface area contributed by atoms with Gasteiger partial charge in [0.1, 0.15) is 5.82 Å². The smallest absolute Gasteiger partial charge is 0.229 e. The van der Waals surface area contributed by atoms with E-state index in [1.807, 2.05) is 54.6 Å². The SMILES string of the molecule is O=C(Nc1ccccc1Cc1ccccc1)[C@H]1CC(=O)N(c2ccccc2F)C1. The number of para-hydroxylation sites is 2. The van der Waals surface area contributed by atoms with Crippen LogP contribution in [0.1, 0.15) is 17.5 Å². The predicted molar refractivity (Wildman–Crippen MR) is 111 cm³/mol. The van der Waals surface area contributed by atoms with Crippen LogP contribution in [0.4, 0.5) is 15.8 Å². The second kappa shape index (κ2) is 8.27. The fourth-order valence-corrected chi connectivity index (χ4v) is 3.63. The molecule has 146 valence electrons. The van der Waals surface area contributed by atoms with Crippen LogP contribution in [0.2, 0.25) is 0 Å². The number of hydrogen-bond donors (Lipinski definition) is 1. The molecule has 0 aromatic heterocycles. The largest absolute Gasteiger partial charge is 0.326 e. The second-order valence-corrected chi connectivity index (χ2v) is 7.17. The Morgan fingerprint density at radius 1 is 0.966 bits per heavy atom. The fourth-order valence-electron chi connectivity index (χ4n) is 3.63. The number of nitrogens with one attached hydrogen (secondary N) is 1. The maximum Gasteiger partial charge on any atom is 0.229 e. The lowest BCUT2D eigenvalue weighted by molar-refractivity contribution is -0.122. The highest BCUT2D eigenvalue weighted by molar-refractivity contribution is 6.03. The minimum Gasteiger partial charge on any atom is -0.326 e. The number of benzene rings is 3. The number of amides is 2. The molecular weight excluding hydrogens is 367 g/mol. The third kappa shape index (κ3) is 4.19. The van der Waals surface area contributed by atoms with E-state index >= 15 is 0 Å². The van der Waals surface area contributed by atoms with Gasteiger partial charge < -0.3 is 10.2 Å². The Balaban J connectivity index is 1.48. The molecule has 3 aromatic rings. The molecule has 4 nitrogen and oxygen atoms in total. The van der Waals surface area contributed by atoms with E-state index in [1.54, 1.807) is 18.2 Å². The van der Waals surface area contributed by atoms with E-state index in [2.05, 4.69) is 5.32 Å². The van der Waals surface area contributed by atoms with E-state index in [0.717, 1.165) is 16.8 Å². The molecule has 3 aromatic carbocycles.